The second kappa shape index (κ2) is 4.47. The van der Waals surface area contributed by atoms with E-state index in [1.165, 1.54) is 0 Å². The summed E-state index contributed by atoms with van der Waals surface area (Å²) < 4.78 is 5.64. The highest BCUT2D eigenvalue weighted by atomic mass is 16.5. The highest BCUT2D eigenvalue weighted by molar-refractivity contribution is 5.79. The Balaban J connectivity index is 2.83. The lowest BCUT2D eigenvalue weighted by molar-refractivity contribution is 0.111. The molecule has 0 fully saturated rings. The molecule has 0 aliphatic rings. The monoisotopic (exact) mass is 206 g/mol. The molecule has 0 aromatic heterocycles. The molecule has 0 aliphatic carbocycles. The Morgan fingerprint density at radius 2 is 2.00 bits per heavy atom. The zero-order valence-electron chi connectivity index (χ0n) is 9.83. The third kappa shape index (κ3) is 3.74. The van der Waals surface area contributed by atoms with Gasteiger partial charge in [0.05, 0.1) is 12.2 Å². The quantitative estimate of drug-likeness (QED) is 0.710. The van der Waals surface area contributed by atoms with Crippen LogP contribution in [0.15, 0.2) is 18.2 Å². The van der Waals surface area contributed by atoms with Crippen molar-refractivity contribution in [3.05, 3.63) is 29.3 Å². The summed E-state index contributed by atoms with van der Waals surface area (Å²) in [6.45, 7) is 8.89. The summed E-state index contributed by atoms with van der Waals surface area (Å²) in [6.07, 6.45) is 0.831. The Kier molecular flexibility index (Phi) is 3.51. The largest absolute Gasteiger partial charge is 0.492 e. The molecule has 0 radical (unpaired) electrons. The summed E-state index contributed by atoms with van der Waals surface area (Å²) in [5, 5.41) is 0. The lowest BCUT2D eigenvalue weighted by Gasteiger charge is -2.19. The maximum absolute atomic E-state index is 10.8. The maximum Gasteiger partial charge on any atom is 0.153 e. The standard InChI is InChI=1S/C13H18O2/c1-10-5-6-11(8-14)12(7-10)15-9-13(2,3)4/h5-8H,9H2,1-4H3. The summed E-state index contributed by atoms with van der Waals surface area (Å²) >= 11 is 0. The van der Waals surface area contributed by atoms with Crippen molar-refractivity contribution >= 4 is 6.29 Å². The van der Waals surface area contributed by atoms with Gasteiger partial charge in [-0.1, -0.05) is 26.8 Å². The number of rotatable bonds is 3. The Hall–Kier alpha value is -1.31. The molecule has 0 heterocycles. The fraction of sp³-hybridized carbons (Fsp3) is 0.462. The van der Waals surface area contributed by atoms with Crippen LogP contribution in [0, 0.1) is 12.3 Å². The lowest BCUT2D eigenvalue weighted by atomic mass is 9.98. The van der Waals surface area contributed by atoms with E-state index >= 15 is 0 Å². The Labute approximate surface area is 91.3 Å². The first kappa shape index (κ1) is 11.8. The van der Waals surface area contributed by atoms with Crippen LogP contribution in [0.5, 0.6) is 5.75 Å². The third-order valence-electron chi connectivity index (χ3n) is 1.96. The number of carbonyl (C=O) groups is 1. The van der Waals surface area contributed by atoms with E-state index in [1.54, 1.807) is 6.07 Å². The molecule has 2 nitrogen and oxygen atoms in total. The second-order valence-corrected chi connectivity index (χ2v) is 5.01. The third-order valence-corrected chi connectivity index (χ3v) is 1.96. The van der Waals surface area contributed by atoms with Crippen LogP contribution in [-0.2, 0) is 0 Å². The van der Waals surface area contributed by atoms with Gasteiger partial charge in [0.25, 0.3) is 0 Å². The molecular weight excluding hydrogens is 188 g/mol. The molecule has 1 aromatic rings. The number of hydrogen-bond acceptors (Lipinski definition) is 2. The van der Waals surface area contributed by atoms with Gasteiger partial charge in [-0.2, -0.15) is 0 Å². The van der Waals surface area contributed by atoms with Gasteiger partial charge >= 0.3 is 0 Å². The Morgan fingerprint density at radius 1 is 1.33 bits per heavy atom. The summed E-state index contributed by atoms with van der Waals surface area (Å²) in [6, 6.07) is 5.60. The van der Waals surface area contributed by atoms with E-state index < -0.39 is 0 Å². The zero-order valence-corrected chi connectivity index (χ0v) is 9.83. The Bertz CT molecular complexity index is 348. The molecule has 1 aromatic carbocycles. The van der Waals surface area contributed by atoms with Crippen molar-refractivity contribution in [1.82, 2.24) is 0 Å². The average Bonchev–Trinajstić information content (AvgIpc) is 2.14. The maximum atomic E-state index is 10.8. The summed E-state index contributed by atoms with van der Waals surface area (Å²) in [7, 11) is 0. The van der Waals surface area contributed by atoms with E-state index in [0.29, 0.717) is 17.9 Å². The van der Waals surface area contributed by atoms with E-state index in [2.05, 4.69) is 20.8 Å². The topological polar surface area (TPSA) is 26.3 Å². The van der Waals surface area contributed by atoms with Crippen molar-refractivity contribution in [1.29, 1.82) is 0 Å². The van der Waals surface area contributed by atoms with Crippen LogP contribution < -0.4 is 4.74 Å². The summed E-state index contributed by atoms with van der Waals surface area (Å²) in [5.74, 6) is 0.680. The Morgan fingerprint density at radius 3 is 2.53 bits per heavy atom. The molecule has 0 saturated heterocycles. The first-order chi connectivity index (χ1) is 6.92. The minimum Gasteiger partial charge on any atom is -0.492 e. The van der Waals surface area contributed by atoms with Crippen LogP contribution in [0.2, 0.25) is 0 Å². The molecule has 0 unspecified atom stereocenters. The van der Waals surface area contributed by atoms with Crippen LogP contribution >= 0.6 is 0 Å². The first-order valence-corrected chi connectivity index (χ1v) is 5.11. The molecule has 0 bridgehead atoms. The van der Waals surface area contributed by atoms with E-state index in [1.807, 2.05) is 19.1 Å². The van der Waals surface area contributed by atoms with Crippen molar-refractivity contribution < 1.29 is 9.53 Å². The van der Waals surface area contributed by atoms with Crippen molar-refractivity contribution in [2.75, 3.05) is 6.61 Å². The predicted octanol–water partition coefficient (Wildman–Crippen LogP) is 3.23. The minimum absolute atomic E-state index is 0.101. The van der Waals surface area contributed by atoms with Gasteiger partial charge in [0.15, 0.2) is 6.29 Å². The van der Waals surface area contributed by atoms with Crippen molar-refractivity contribution in [2.45, 2.75) is 27.7 Å². The lowest BCUT2D eigenvalue weighted by Crippen LogP contribution is -2.17. The van der Waals surface area contributed by atoms with Crippen molar-refractivity contribution in [2.24, 2.45) is 5.41 Å². The van der Waals surface area contributed by atoms with Crippen LogP contribution in [0.1, 0.15) is 36.7 Å². The molecule has 0 amide bonds. The number of ether oxygens (including phenoxy) is 1. The van der Waals surface area contributed by atoms with Crippen LogP contribution in [0.4, 0.5) is 0 Å². The van der Waals surface area contributed by atoms with Gasteiger partial charge < -0.3 is 4.74 Å². The average molecular weight is 206 g/mol. The highest BCUT2D eigenvalue weighted by Gasteiger charge is 2.12. The molecule has 0 aliphatic heterocycles. The summed E-state index contributed by atoms with van der Waals surface area (Å²) in [5.41, 5.74) is 1.82. The van der Waals surface area contributed by atoms with E-state index in [0.717, 1.165) is 11.8 Å². The normalized spacial score (nSPS) is 11.2. The van der Waals surface area contributed by atoms with Gasteiger partial charge in [-0.25, -0.2) is 0 Å². The molecular formula is C13H18O2. The number of aldehydes is 1. The van der Waals surface area contributed by atoms with Gasteiger partial charge in [0.2, 0.25) is 0 Å². The fourth-order valence-electron chi connectivity index (χ4n) is 1.16. The number of benzene rings is 1. The molecule has 0 N–H and O–H groups in total. The van der Waals surface area contributed by atoms with E-state index in [9.17, 15) is 4.79 Å². The van der Waals surface area contributed by atoms with Crippen LogP contribution in [-0.4, -0.2) is 12.9 Å². The molecule has 0 saturated carbocycles. The molecule has 1 rings (SSSR count). The molecule has 0 spiro atoms. The highest BCUT2D eigenvalue weighted by Crippen LogP contribution is 2.22. The number of hydrogen-bond donors (Lipinski definition) is 0. The predicted molar refractivity (Wildman–Crippen MR) is 61.5 cm³/mol. The van der Waals surface area contributed by atoms with Gasteiger partial charge in [-0.05, 0) is 30.0 Å². The zero-order chi connectivity index (χ0) is 11.5. The first-order valence-electron chi connectivity index (χ1n) is 5.11. The van der Waals surface area contributed by atoms with E-state index in [4.69, 9.17) is 4.74 Å². The van der Waals surface area contributed by atoms with Gasteiger partial charge in [0, 0.05) is 0 Å². The number of aryl methyl sites for hydroxylation is 1. The smallest absolute Gasteiger partial charge is 0.153 e. The molecule has 0 atom stereocenters. The number of carbonyl (C=O) groups excluding carboxylic acids is 1. The molecule has 82 valence electrons. The fourth-order valence-corrected chi connectivity index (χ4v) is 1.16. The van der Waals surface area contributed by atoms with Crippen LogP contribution in [0.3, 0.4) is 0 Å². The second-order valence-electron chi connectivity index (χ2n) is 5.01. The van der Waals surface area contributed by atoms with E-state index in [-0.39, 0.29) is 5.41 Å². The SMILES string of the molecule is Cc1ccc(C=O)c(OCC(C)(C)C)c1. The van der Waals surface area contributed by atoms with Gasteiger partial charge in [-0.15, -0.1) is 0 Å². The minimum atomic E-state index is 0.101. The molecule has 15 heavy (non-hydrogen) atoms. The molecule has 2 heteroatoms. The van der Waals surface area contributed by atoms with Crippen molar-refractivity contribution in [3.8, 4) is 5.75 Å². The van der Waals surface area contributed by atoms with Crippen molar-refractivity contribution in [3.63, 3.8) is 0 Å². The van der Waals surface area contributed by atoms with Gasteiger partial charge in [-0.3, -0.25) is 4.79 Å². The van der Waals surface area contributed by atoms with Crippen LogP contribution in [0.25, 0.3) is 0 Å². The summed E-state index contributed by atoms with van der Waals surface area (Å²) in [4.78, 5) is 10.8. The van der Waals surface area contributed by atoms with Gasteiger partial charge in [0.1, 0.15) is 5.75 Å².